The second-order valence-electron chi connectivity index (χ2n) is 10.3. The first kappa shape index (κ1) is 30.4. The quantitative estimate of drug-likeness (QED) is 0.298. The van der Waals surface area contributed by atoms with Crippen LogP contribution in [0.1, 0.15) is 43.1 Å². The van der Waals surface area contributed by atoms with Gasteiger partial charge in [0.1, 0.15) is 12.1 Å². The summed E-state index contributed by atoms with van der Waals surface area (Å²) in [6, 6.07) is 13.5. The fraction of sp³-hybridized carbons (Fsp3) is 0.400. The highest BCUT2D eigenvalue weighted by Crippen LogP contribution is 2.28. The molecule has 1 aliphatic carbocycles. The molecular weight excluding hydrogens is 516 g/mol. The maximum Gasteiger partial charge on any atom is 0.308 e. The molecule has 0 heterocycles. The topological polar surface area (TPSA) is 136 Å². The minimum atomic E-state index is -1.59. The third-order valence-corrected chi connectivity index (χ3v) is 6.60. The van der Waals surface area contributed by atoms with E-state index in [2.05, 4.69) is 5.32 Å². The van der Waals surface area contributed by atoms with Gasteiger partial charge in [0.05, 0.1) is 23.3 Å². The van der Waals surface area contributed by atoms with Gasteiger partial charge >= 0.3 is 5.97 Å². The van der Waals surface area contributed by atoms with Gasteiger partial charge in [-0.3, -0.25) is 28.8 Å². The van der Waals surface area contributed by atoms with Crippen LogP contribution in [0.15, 0.2) is 54.6 Å². The van der Waals surface area contributed by atoms with E-state index in [1.54, 1.807) is 76.5 Å². The van der Waals surface area contributed by atoms with Crippen LogP contribution >= 0.6 is 0 Å². The van der Waals surface area contributed by atoms with E-state index in [4.69, 9.17) is 9.57 Å². The molecule has 10 heteroatoms. The summed E-state index contributed by atoms with van der Waals surface area (Å²) in [7, 11) is 3.24. The Labute approximate surface area is 233 Å². The summed E-state index contributed by atoms with van der Waals surface area (Å²) in [5.41, 5.74) is 0.751. The molecule has 2 aromatic rings. The molecule has 0 aliphatic heterocycles. The molecule has 1 N–H and O–H groups in total. The van der Waals surface area contributed by atoms with Crippen LogP contribution in [0.5, 0.6) is 5.75 Å². The highest BCUT2D eigenvalue weighted by molar-refractivity contribution is 6.44. The zero-order valence-corrected chi connectivity index (χ0v) is 23.2. The molecule has 1 saturated carbocycles. The third-order valence-electron chi connectivity index (χ3n) is 6.60. The van der Waals surface area contributed by atoms with E-state index in [0.29, 0.717) is 5.56 Å². The van der Waals surface area contributed by atoms with Crippen molar-refractivity contribution < 1.29 is 38.3 Å². The lowest BCUT2D eigenvalue weighted by Crippen LogP contribution is -2.47. The van der Waals surface area contributed by atoms with Crippen molar-refractivity contribution in [2.45, 2.75) is 45.8 Å². The van der Waals surface area contributed by atoms with Crippen molar-refractivity contribution in [1.82, 2.24) is 10.4 Å². The highest BCUT2D eigenvalue weighted by Gasteiger charge is 2.46. The Morgan fingerprint density at radius 2 is 1.55 bits per heavy atom. The third kappa shape index (κ3) is 7.26. The van der Waals surface area contributed by atoms with Crippen LogP contribution < -0.4 is 10.2 Å². The number of ketones is 4. The molecular formula is C30H34N2O8. The minimum Gasteiger partial charge on any atom is -0.461 e. The second kappa shape index (κ2) is 13.3. The second-order valence-corrected chi connectivity index (χ2v) is 10.3. The summed E-state index contributed by atoms with van der Waals surface area (Å²) in [5.74, 6) is -8.12. The van der Waals surface area contributed by atoms with E-state index in [1.807, 2.05) is 0 Å². The Morgan fingerprint density at radius 3 is 2.17 bits per heavy atom. The SMILES string of the molecule is CC(C)C(=O)O[C@@H]1[C@H](C)C(=O)C(=O)[C@@H](NC(=O)c2ccccc2ON(C)C)CC(=O)C(=O)[C@@H]1Cc1ccccc1. The number of carbonyl (C=O) groups is 6. The van der Waals surface area contributed by atoms with Crippen LogP contribution in [0.25, 0.3) is 0 Å². The number of hydrogen-bond acceptors (Lipinski definition) is 9. The Kier molecular flexibility index (Phi) is 10.1. The van der Waals surface area contributed by atoms with Gasteiger partial charge < -0.3 is 14.9 Å². The zero-order valence-electron chi connectivity index (χ0n) is 23.2. The van der Waals surface area contributed by atoms with Gasteiger partial charge in [-0.25, -0.2) is 0 Å². The van der Waals surface area contributed by atoms with E-state index < -0.39 is 71.3 Å². The minimum absolute atomic E-state index is 0.0134. The standard InChI is InChI=1S/C30H34N2O8/c1-17(2)30(38)39-28-18(3)25(34)27(36)22(31-29(37)20-13-9-10-14-24(20)40-32(4)5)16-23(33)26(35)21(28)15-19-11-7-6-8-12-19/h6-14,17-18,21-22,28H,15-16H2,1-5H3,(H,31,37)/t18-,21+,22+,28-/m1/s1. The summed E-state index contributed by atoms with van der Waals surface area (Å²) < 4.78 is 5.62. The summed E-state index contributed by atoms with van der Waals surface area (Å²) >= 11 is 0. The average Bonchev–Trinajstić information content (AvgIpc) is 2.94. The first-order chi connectivity index (χ1) is 18.9. The first-order valence-electron chi connectivity index (χ1n) is 13.0. The fourth-order valence-corrected chi connectivity index (χ4v) is 4.44. The molecule has 0 bridgehead atoms. The van der Waals surface area contributed by atoms with Crippen molar-refractivity contribution in [3.8, 4) is 5.75 Å². The zero-order chi connectivity index (χ0) is 29.6. The van der Waals surface area contributed by atoms with Crippen molar-refractivity contribution in [1.29, 1.82) is 0 Å². The molecule has 0 saturated heterocycles. The van der Waals surface area contributed by atoms with Gasteiger partial charge in [-0.1, -0.05) is 63.2 Å². The van der Waals surface area contributed by atoms with Crippen LogP contribution in [-0.4, -0.2) is 66.3 Å². The van der Waals surface area contributed by atoms with E-state index in [9.17, 15) is 28.8 Å². The van der Waals surface area contributed by atoms with Crippen LogP contribution in [-0.2, 0) is 35.1 Å². The lowest BCUT2D eigenvalue weighted by Gasteiger charge is -2.29. The van der Waals surface area contributed by atoms with Gasteiger partial charge in [0.2, 0.25) is 23.1 Å². The van der Waals surface area contributed by atoms with E-state index in [1.165, 1.54) is 18.1 Å². The highest BCUT2D eigenvalue weighted by atomic mass is 16.7. The predicted molar refractivity (Wildman–Crippen MR) is 144 cm³/mol. The fourth-order valence-electron chi connectivity index (χ4n) is 4.44. The van der Waals surface area contributed by atoms with Crippen LogP contribution in [0.3, 0.4) is 0 Å². The van der Waals surface area contributed by atoms with Crippen molar-refractivity contribution in [2.75, 3.05) is 14.1 Å². The number of esters is 1. The van der Waals surface area contributed by atoms with E-state index in [-0.39, 0.29) is 17.7 Å². The number of nitrogens with one attached hydrogen (secondary N) is 1. The number of carbonyl (C=O) groups excluding carboxylic acids is 6. The molecule has 0 unspecified atom stereocenters. The predicted octanol–water partition coefficient (Wildman–Crippen LogP) is 2.38. The lowest BCUT2D eigenvalue weighted by atomic mass is 9.81. The molecule has 40 heavy (non-hydrogen) atoms. The first-order valence-corrected chi connectivity index (χ1v) is 13.0. The lowest BCUT2D eigenvalue weighted by molar-refractivity contribution is -0.163. The summed E-state index contributed by atoms with van der Waals surface area (Å²) in [5, 5.41) is 3.82. The molecule has 1 fully saturated rings. The van der Waals surface area contributed by atoms with Crippen molar-refractivity contribution in [2.24, 2.45) is 17.8 Å². The number of Topliss-reactive ketones (excluding diaryl/α,β-unsaturated/α-hetero) is 4. The maximum absolute atomic E-state index is 13.6. The van der Waals surface area contributed by atoms with Crippen LogP contribution in [0.4, 0.5) is 0 Å². The summed E-state index contributed by atoms with van der Waals surface area (Å²) in [6.45, 7) is 4.58. The molecule has 0 radical (unpaired) electrons. The number of ether oxygens (including phenoxy) is 1. The number of para-hydroxylation sites is 1. The number of hydrogen-bond donors (Lipinski definition) is 1. The van der Waals surface area contributed by atoms with Crippen LogP contribution in [0.2, 0.25) is 0 Å². The van der Waals surface area contributed by atoms with Gasteiger partial charge in [0, 0.05) is 20.5 Å². The summed E-state index contributed by atoms with van der Waals surface area (Å²) in [6.07, 6.45) is -2.06. The van der Waals surface area contributed by atoms with Gasteiger partial charge in [0.15, 0.2) is 5.75 Å². The van der Waals surface area contributed by atoms with Gasteiger partial charge in [-0.15, -0.1) is 0 Å². The number of benzene rings is 2. The number of rotatable bonds is 8. The van der Waals surface area contributed by atoms with Gasteiger partial charge in [0.25, 0.3) is 5.91 Å². The van der Waals surface area contributed by atoms with Gasteiger partial charge in [-0.2, -0.15) is 5.06 Å². The monoisotopic (exact) mass is 550 g/mol. The molecule has 3 rings (SSSR count). The smallest absolute Gasteiger partial charge is 0.308 e. The molecule has 0 aromatic heterocycles. The Morgan fingerprint density at radius 1 is 0.925 bits per heavy atom. The van der Waals surface area contributed by atoms with Crippen molar-refractivity contribution in [3.05, 3.63) is 65.7 Å². The number of hydroxylamine groups is 2. The molecule has 1 aliphatic rings. The maximum atomic E-state index is 13.6. The van der Waals surface area contributed by atoms with E-state index in [0.717, 1.165) is 0 Å². The van der Waals surface area contributed by atoms with Gasteiger partial charge in [-0.05, 0) is 24.1 Å². The molecule has 1 amide bonds. The average molecular weight is 551 g/mol. The molecule has 2 aromatic carbocycles. The Balaban J connectivity index is 1.99. The molecule has 212 valence electrons. The Hall–Kier alpha value is -4.18. The Bertz CT molecular complexity index is 1290. The molecule has 0 spiro atoms. The number of amides is 1. The van der Waals surface area contributed by atoms with E-state index >= 15 is 0 Å². The van der Waals surface area contributed by atoms with Crippen LogP contribution in [0, 0.1) is 17.8 Å². The molecule has 4 atom stereocenters. The normalized spacial score (nSPS) is 22.0. The van der Waals surface area contributed by atoms with Crippen molar-refractivity contribution >= 4 is 35.0 Å². The largest absolute Gasteiger partial charge is 0.461 e. The van der Waals surface area contributed by atoms with Crippen molar-refractivity contribution in [3.63, 3.8) is 0 Å². The molecule has 10 nitrogen and oxygen atoms in total. The number of nitrogens with zero attached hydrogens (tertiary/aromatic N) is 1. The summed E-state index contributed by atoms with van der Waals surface area (Å²) in [4.78, 5) is 84.9.